The highest BCUT2D eigenvalue weighted by Crippen LogP contribution is 2.40. The molecule has 0 spiro atoms. The van der Waals surface area contributed by atoms with E-state index < -0.39 is 0 Å². The molecule has 0 unspecified atom stereocenters. The average Bonchev–Trinajstić information content (AvgIpc) is 3.23. The van der Waals surface area contributed by atoms with Crippen LogP contribution in [-0.4, -0.2) is 9.97 Å². The zero-order valence-electron chi connectivity index (χ0n) is 10.8. The largest absolute Gasteiger partial charge is 0.338 e. The summed E-state index contributed by atoms with van der Waals surface area (Å²) in [6.45, 7) is 1.92. The molecule has 0 aliphatic heterocycles. The summed E-state index contributed by atoms with van der Waals surface area (Å²) in [4.78, 5) is 9.00. The van der Waals surface area contributed by atoms with Gasteiger partial charge in [-0.3, -0.25) is 0 Å². The first-order chi connectivity index (χ1) is 9.56. The summed E-state index contributed by atoms with van der Waals surface area (Å²) < 4.78 is 1.93. The Hall–Kier alpha value is -0.650. The molecule has 1 heterocycles. The van der Waals surface area contributed by atoms with Crippen molar-refractivity contribution in [3.8, 4) is 0 Å². The topological polar surface area (TPSA) is 37.8 Å². The molecule has 3 rings (SSSR count). The van der Waals surface area contributed by atoms with Crippen LogP contribution in [0, 0.1) is 6.92 Å². The standard InChI is InChI=1S/C14H12Br2ClN3/c1-7-12(17)19-14(8-5-6-8)20-13(7)18-11-9(15)3-2-4-10(11)16/h2-4,8H,5-6H2,1H3,(H,18,19,20). The number of benzene rings is 1. The summed E-state index contributed by atoms with van der Waals surface area (Å²) in [7, 11) is 0. The van der Waals surface area contributed by atoms with Crippen LogP contribution in [0.1, 0.15) is 30.1 Å². The second kappa shape index (κ2) is 5.62. The van der Waals surface area contributed by atoms with E-state index in [0.29, 0.717) is 11.1 Å². The van der Waals surface area contributed by atoms with Crippen LogP contribution >= 0.6 is 43.5 Å². The van der Waals surface area contributed by atoms with Crippen molar-refractivity contribution < 1.29 is 0 Å². The lowest BCUT2D eigenvalue weighted by Crippen LogP contribution is -2.03. The fraction of sp³-hybridized carbons (Fsp3) is 0.286. The Morgan fingerprint density at radius 3 is 2.45 bits per heavy atom. The van der Waals surface area contributed by atoms with Crippen molar-refractivity contribution in [2.75, 3.05) is 5.32 Å². The first-order valence-corrected chi connectivity index (χ1v) is 8.27. The van der Waals surface area contributed by atoms with E-state index in [-0.39, 0.29) is 0 Å². The molecular formula is C14H12Br2ClN3. The van der Waals surface area contributed by atoms with Crippen LogP contribution in [0.15, 0.2) is 27.1 Å². The molecule has 1 aliphatic rings. The van der Waals surface area contributed by atoms with E-state index in [0.717, 1.165) is 44.7 Å². The number of nitrogens with zero attached hydrogens (tertiary/aromatic N) is 2. The predicted octanol–water partition coefficient (Wildman–Crippen LogP) is 5.58. The van der Waals surface area contributed by atoms with Crippen molar-refractivity contribution in [2.45, 2.75) is 25.7 Å². The second-order valence-electron chi connectivity index (χ2n) is 4.84. The number of halogens is 3. The molecule has 0 radical (unpaired) electrons. The Kier molecular flexibility index (Phi) is 4.02. The molecule has 6 heteroatoms. The van der Waals surface area contributed by atoms with Gasteiger partial charge in [-0.25, -0.2) is 9.97 Å². The molecule has 2 aromatic rings. The smallest absolute Gasteiger partial charge is 0.138 e. The van der Waals surface area contributed by atoms with Gasteiger partial charge in [0, 0.05) is 20.4 Å². The van der Waals surface area contributed by atoms with Gasteiger partial charge in [0.05, 0.1) is 5.69 Å². The van der Waals surface area contributed by atoms with E-state index in [2.05, 4.69) is 47.1 Å². The Morgan fingerprint density at radius 1 is 1.20 bits per heavy atom. The lowest BCUT2D eigenvalue weighted by Gasteiger charge is -2.13. The molecule has 3 nitrogen and oxygen atoms in total. The molecule has 1 aromatic heterocycles. The summed E-state index contributed by atoms with van der Waals surface area (Å²) in [5.41, 5.74) is 1.80. The molecule has 1 aliphatic carbocycles. The van der Waals surface area contributed by atoms with Gasteiger partial charge in [-0.1, -0.05) is 17.7 Å². The number of anilines is 2. The quantitative estimate of drug-likeness (QED) is 0.662. The lowest BCUT2D eigenvalue weighted by molar-refractivity contribution is 0.921. The summed E-state index contributed by atoms with van der Waals surface area (Å²) in [5.74, 6) is 2.07. The highest BCUT2D eigenvalue weighted by molar-refractivity contribution is 9.11. The summed E-state index contributed by atoms with van der Waals surface area (Å²) in [5, 5.41) is 3.86. The first kappa shape index (κ1) is 14.3. The van der Waals surface area contributed by atoms with Gasteiger partial charge in [0.25, 0.3) is 0 Å². The monoisotopic (exact) mass is 415 g/mol. The second-order valence-corrected chi connectivity index (χ2v) is 6.91. The third kappa shape index (κ3) is 2.85. The van der Waals surface area contributed by atoms with Crippen LogP contribution in [0.25, 0.3) is 0 Å². The summed E-state index contributed by atoms with van der Waals surface area (Å²) in [6, 6.07) is 5.93. The zero-order chi connectivity index (χ0) is 14.3. The minimum atomic E-state index is 0.469. The maximum Gasteiger partial charge on any atom is 0.138 e. The SMILES string of the molecule is Cc1c(Cl)nc(C2CC2)nc1Nc1c(Br)cccc1Br. The van der Waals surface area contributed by atoms with Crippen molar-refractivity contribution >= 4 is 55.0 Å². The van der Waals surface area contributed by atoms with Crippen LogP contribution in [-0.2, 0) is 0 Å². The minimum absolute atomic E-state index is 0.469. The van der Waals surface area contributed by atoms with Crippen LogP contribution in [0.3, 0.4) is 0 Å². The minimum Gasteiger partial charge on any atom is -0.338 e. The number of rotatable bonds is 3. The Bertz CT molecular complexity index is 651. The van der Waals surface area contributed by atoms with Gasteiger partial charge in [-0.15, -0.1) is 0 Å². The van der Waals surface area contributed by atoms with Crippen LogP contribution in [0.4, 0.5) is 11.5 Å². The van der Waals surface area contributed by atoms with Crippen molar-refractivity contribution in [1.29, 1.82) is 0 Å². The molecule has 1 aromatic carbocycles. The van der Waals surface area contributed by atoms with E-state index in [4.69, 9.17) is 11.6 Å². The van der Waals surface area contributed by atoms with E-state index in [9.17, 15) is 0 Å². The number of hydrogen-bond acceptors (Lipinski definition) is 3. The Morgan fingerprint density at radius 2 is 1.85 bits per heavy atom. The van der Waals surface area contributed by atoms with Crippen LogP contribution < -0.4 is 5.32 Å². The Labute approximate surface area is 139 Å². The maximum atomic E-state index is 6.22. The molecular weight excluding hydrogens is 405 g/mol. The average molecular weight is 418 g/mol. The van der Waals surface area contributed by atoms with Crippen LogP contribution in [0.2, 0.25) is 5.15 Å². The Balaban J connectivity index is 2.01. The van der Waals surface area contributed by atoms with Crippen LogP contribution in [0.5, 0.6) is 0 Å². The van der Waals surface area contributed by atoms with Gasteiger partial charge in [0.2, 0.25) is 0 Å². The van der Waals surface area contributed by atoms with Gasteiger partial charge in [0.1, 0.15) is 16.8 Å². The maximum absolute atomic E-state index is 6.22. The third-order valence-electron chi connectivity index (χ3n) is 3.25. The normalized spacial score (nSPS) is 14.4. The van der Waals surface area contributed by atoms with Crippen molar-refractivity contribution in [3.63, 3.8) is 0 Å². The molecule has 1 N–H and O–H groups in total. The number of nitrogens with one attached hydrogen (secondary N) is 1. The predicted molar refractivity (Wildman–Crippen MR) is 88.9 cm³/mol. The molecule has 0 amide bonds. The number of hydrogen-bond donors (Lipinski definition) is 1. The molecule has 1 fully saturated rings. The molecule has 0 atom stereocenters. The van der Waals surface area contributed by atoms with Crippen molar-refractivity contribution in [2.24, 2.45) is 0 Å². The summed E-state index contributed by atoms with van der Waals surface area (Å²) in [6.07, 6.45) is 2.30. The fourth-order valence-corrected chi connectivity index (χ4v) is 3.26. The van der Waals surface area contributed by atoms with E-state index >= 15 is 0 Å². The van der Waals surface area contributed by atoms with Gasteiger partial charge < -0.3 is 5.32 Å². The van der Waals surface area contributed by atoms with Crippen molar-refractivity contribution in [3.05, 3.63) is 43.7 Å². The first-order valence-electron chi connectivity index (χ1n) is 6.31. The van der Waals surface area contributed by atoms with E-state index in [1.54, 1.807) is 0 Å². The van der Waals surface area contributed by atoms with Crippen molar-refractivity contribution in [1.82, 2.24) is 9.97 Å². The van der Waals surface area contributed by atoms with E-state index in [1.165, 1.54) is 0 Å². The molecule has 1 saturated carbocycles. The summed E-state index contributed by atoms with van der Waals surface area (Å²) >= 11 is 13.3. The van der Waals surface area contributed by atoms with Gasteiger partial charge in [0.15, 0.2) is 0 Å². The van der Waals surface area contributed by atoms with Gasteiger partial charge >= 0.3 is 0 Å². The molecule has 20 heavy (non-hydrogen) atoms. The lowest BCUT2D eigenvalue weighted by atomic mass is 10.2. The zero-order valence-corrected chi connectivity index (χ0v) is 14.7. The molecule has 0 saturated heterocycles. The fourth-order valence-electron chi connectivity index (χ4n) is 1.89. The van der Waals surface area contributed by atoms with Gasteiger partial charge in [-0.2, -0.15) is 0 Å². The third-order valence-corrected chi connectivity index (χ3v) is 4.94. The highest BCUT2D eigenvalue weighted by Gasteiger charge is 2.28. The molecule has 0 bridgehead atoms. The van der Waals surface area contributed by atoms with Gasteiger partial charge in [-0.05, 0) is 63.8 Å². The van der Waals surface area contributed by atoms with E-state index in [1.807, 2.05) is 25.1 Å². The number of aromatic nitrogens is 2. The number of para-hydroxylation sites is 1. The molecule has 104 valence electrons. The highest BCUT2D eigenvalue weighted by atomic mass is 79.9.